The Morgan fingerprint density at radius 1 is 1.17 bits per heavy atom. The zero-order chi connectivity index (χ0) is 17.6. The van der Waals surface area contributed by atoms with Gasteiger partial charge >= 0.3 is 6.03 Å². The van der Waals surface area contributed by atoms with Gasteiger partial charge in [0.1, 0.15) is 11.6 Å². The third kappa shape index (κ3) is 5.55. The molecule has 1 atom stereocenters. The van der Waals surface area contributed by atoms with E-state index >= 15 is 0 Å². The molecule has 0 fully saturated rings. The van der Waals surface area contributed by atoms with Crippen LogP contribution in [0.4, 0.5) is 14.9 Å². The molecule has 128 valence electrons. The lowest BCUT2D eigenvalue weighted by molar-refractivity contribution is 0.0629. The number of benzene rings is 2. The Bertz CT molecular complexity index is 670. The molecule has 2 aromatic carbocycles. The van der Waals surface area contributed by atoms with Gasteiger partial charge in [-0.3, -0.25) is 0 Å². The van der Waals surface area contributed by atoms with Crippen LogP contribution in [0.5, 0.6) is 5.75 Å². The predicted octanol–water partition coefficient (Wildman–Crippen LogP) is 2.95. The zero-order valence-corrected chi connectivity index (χ0v) is 13.7. The topological polar surface area (TPSA) is 70.6 Å². The number of urea groups is 1. The highest BCUT2D eigenvalue weighted by atomic mass is 19.1. The number of nitrogens with one attached hydrogen (secondary N) is 2. The normalized spacial score (nSPS) is 13.0. The van der Waals surface area contributed by atoms with Crippen molar-refractivity contribution in [1.82, 2.24) is 5.32 Å². The molecule has 0 radical (unpaired) electrons. The van der Waals surface area contributed by atoms with E-state index in [2.05, 4.69) is 10.6 Å². The van der Waals surface area contributed by atoms with Gasteiger partial charge in [-0.2, -0.15) is 0 Å². The first kappa shape index (κ1) is 17.7. The van der Waals surface area contributed by atoms with Gasteiger partial charge in [0.25, 0.3) is 0 Å². The third-order valence-corrected chi connectivity index (χ3v) is 3.48. The molecule has 0 aliphatic heterocycles. The molecule has 24 heavy (non-hydrogen) atoms. The number of aliphatic hydroxyl groups is 1. The van der Waals surface area contributed by atoms with Gasteiger partial charge in [0, 0.05) is 18.7 Å². The molecule has 5 nitrogen and oxygen atoms in total. The fourth-order valence-corrected chi connectivity index (χ4v) is 2.22. The average molecular weight is 332 g/mol. The fraction of sp³-hybridized carbons (Fsp3) is 0.278. The average Bonchev–Trinajstić information content (AvgIpc) is 2.56. The van der Waals surface area contributed by atoms with Gasteiger partial charge in [0.2, 0.25) is 0 Å². The lowest BCUT2D eigenvalue weighted by Crippen LogP contribution is -2.43. The standard InChI is InChI=1S/C18H21FN2O3/c1-18(23,11-13-3-9-16(24-2)10-4-13)12-20-17(22)21-15-7-5-14(19)6-8-15/h3-10,23H,11-12H2,1-2H3,(H2,20,21,22). The van der Waals surface area contributed by atoms with Crippen LogP contribution in [0.2, 0.25) is 0 Å². The van der Waals surface area contributed by atoms with E-state index in [1.54, 1.807) is 14.0 Å². The number of halogens is 1. The molecule has 2 rings (SSSR count). The van der Waals surface area contributed by atoms with Crippen molar-refractivity contribution in [3.05, 3.63) is 59.9 Å². The van der Waals surface area contributed by atoms with Crippen LogP contribution in [0.25, 0.3) is 0 Å². The van der Waals surface area contributed by atoms with E-state index in [0.717, 1.165) is 11.3 Å². The third-order valence-electron chi connectivity index (χ3n) is 3.48. The number of hydrogen-bond acceptors (Lipinski definition) is 3. The molecule has 0 aromatic heterocycles. The van der Waals surface area contributed by atoms with E-state index in [0.29, 0.717) is 12.1 Å². The Kier molecular flexibility index (Phi) is 5.76. The first-order valence-electron chi connectivity index (χ1n) is 7.54. The molecule has 0 spiro atoms. The second kappa shape index (κ2) is 7.79. The van der Waals surface area contributed by atoms with Gasteiger partial charge < -0.3 is 20.5 Å². The molecular formula is C18H21FN2O3. The Morgan fingerprint density at radius 3 is 2.38 bits per heavy atom. The van der Waals surface area contributed by atoms with E-state index in [9.17, 15) is 14.3 Å². The second-order valence-corrected chi connectivity index (χ2v) is 5.84. The Labute approximate surface area is 140 Å². The summed E-state index contributed by atoms with van der Waals surface area (Å²) >= 11 is 0. The van der Waals surface area contributed by atoms with Gasteiger partial charge in [0.15, 0.2) is 0 Å². The number of amides is 2. The van der Waals surface area contributed by atoms with E-state index in [1.165, 1.54) is 24.3 Å². The molecule has 0 aliphatic carbocycles. The van der Waals surface area contributed by atoms with Gasteiger partial charge in [-0.25, -0.2) is 9.18 Å². The van der Waals surface area contributed by atoms with Crippen molar-refractivity contribution >= 4 is 11.7 Å². The Hall–Kier alpha value is -2.60. The highest BCUT2D eigenvalue weighted by Gasteiger charge is 2.22. The smallest absolute Gasteiger partial charge is 0.319 e. The quantitative estimate of drug-likeness (QED) is 0.762. The summed E-state index contributed by atoms with van der Waals surface area (Å²) in [7, 11) is 1.59. The van der Waals surface area contributed by atoms with Crippen LogP contribution in [-0.2, 0) is 6.42 Å². The molecule has 2 aromatic rings. The summed E-state index contributed by atoms with van der Waals surface area (Å²) in [6.07, 6.45) is 0.383. The summed E-state index contributed by atoms with van der Waals surface area (Å²) in [4.78, 5) is 11.8. The minimum atomic E-state index is -1.10. The summed E-state index contributed by atoms with van der Waals surface area (Å²) < 4.78 is 17.9. The maximum absolute atomic E-state index is 12.8. The van der Waals surface area contributed by atoms with Crippen LogP contribution in [0.15, 0.2) is 48.5 Å². The van der Waals surface area contributed by atoms with Gasteiger partial charge in [-0.15, -0.1) is 0 Å². The van der Waals surface area contributed by atoms with E-state index in [-0.39, 0.29) is 12.4 Å². The number of methoxy groups -OCH3 is 1. The number of hydrogen-bond donors (Lipinski definition) is 3. The predicted molar refractivity (Wildman–Crippen MR) is 90.7 cm³/mol. The van der Waals surface area contributed by atoms with Crippen molar-refractivity contribution in [3.8, 4) is 5.75 Å². The van der Waals surface area contributed by atoms with Gasteiger partial charge in [-0.05, 0) is 48.9 Å². The van der Waals surface area contributed by atoms with Crippen LogP contribution < -0.4 is 15.4 Å². The van der Waals surface area contributed by atoms with Crippen LogP contribution in [-0.4, -0.2) is 30.4 Å². The van der Waals surface area contributed by atoms with Crippen LogP contribution >= 0.6 is 0 Å². The Balaban J connectivity index is 1.84. The molecule has 0 bridgehead atoms. The number of carbonyl (C=O) groups is 1. The van der Waals surface area contributed by atoms with Crippen molar-refractivity contribution in [1.29, 1.82) is 0 Å². The summed E-state index contributed by atoms with van der Waals surface area (Å²) in [5, 5.41) is 15.6. The van der Waals surface area contributed by atoms with Crippen LogP contribution in [0.3, 0.4) is 0 Å². The molecule has 0 saturated heterocycles. The highest BCUT2D eigenvalue weighted by Crippen LogP contribution is 2.16. The first-order chi connectivity index (χ1) is 11.4. The van der Waals surface area contributed by atoms with Crippen molar-refractivity contribution in [2.75, 3.05) is 19.0 Å². The molecule has 0 aliphatic rings. The number of ether oxygens (including phenoxy) is 1. The van der Waals surface area contributed by atoms with E-state index in [4.69, 9.17) is 4.74 Å². The van der Waals surface area contributed by atoms with Crippen molar-refractivity contribution < 1.29 is 19.0 Å². The molecule has 0 heterocycles. The monoisotopic (exact) mass is 332 g/mol. The summed E-state index contributed by atoms with van der Waals surface area (Å²) in [5.41, 5.74) is 0.305. The maximum Gasteiger partial charge on any atom is 0.319 e. The molecule has 1 unspecified atom stereocenters. The largest absolute Gasteiger partial charge is 0.497 e. The van der Waals surface area contributed by atoms with Crippen molar-refractivity contribution in [2.24, 2.45) is 0 Å². The molecule has 3 N–H and O–H groups in total. The lowest BCUT2D eigenvalue weighted by Gasteiger charge is -2.24. The molecule has 0 saturated carbocycles. The second-order valence-electron chi connectivity index (χ2n) is 5.84. The number of carbonyl (C=O) groups excluding carboxylic acids is 1. The van der Waals surface area contributed by atoms with Gasteiger partial charge in [0.05, 0.1) is 12.7 Å². The fourth-order valence-electron chi connectivity index (χ4n) is 2.22. The van der Waals surface area contributed by atoms with E-state index < -0.39 is 11.6 Å². The summed E-state index contributed by atoms with van der Waals surface area (Å²) in [6.45, 7) is 1.72. The van der Waals surface area contributed by atoms with Crippen molar-refractivity contribution in [3.63, 3.8) is 0 Å². The minimum absolute atomic E-state index is 0.0755. The van der Waals surface area contributed by atoms with Gasteiger partial charge in [-0.1, -0.05) is 12.1 Å². The van der Waals surface area contributed by atoms with E-state index in [1.807, 2.05) is 24.3 Å². The van der Waals surface area contributed by atoms with Crippen molar-refractivity contribution in [2.45, 2.75) is 18.9 Å². The van der Waals surface area contributed by atoms with Crippen LogP contribution in [0.1, 0.15) is 12.5 Å². The number of rotatable bonds is 6. The first-order valence-corrected chi connectivity index (χ1v) is 7.54. The van der Waals surface area contributed by atoms with Crippen LogP contribution in [0, 0.1) is 5.82 Å². The Morgan fingerprint density at radius 2 is 1.79 bits per heavy atom. The molecule has 6 heteroatoms. The zero-order valence-electron chi connectivity index (χ0n) is 13.7. The maximum atomic E-state index is 12.8. The minimum Gasteiger partial charge on any atom is -0.497 e. The summed E-state index contributed by atoms with van der Waals surface area (Å²) in [5.74, 6) is 0.374. The summed E-state index contributed by atoms with van der Waals surface area (Å²) in [6, 6.07) is 12.4. The lowest BCUT2D eigenvalue weighted by atomic mass is 9.96. The highest BCUT2D eigenvalue weighted by molar-refractivity contribution is 5.89. The molecule has 2 amide bonds. The SMILES string of the molecule is COc1ccc(CC(C)(O)CNC(=O)Nc2ccc(F)cc2)cc1. The number of anilines is 1. The molecular weight excluding hydrogens is 311 g/mol.